The van der Waals surface area contributed by atoms with Gasteiger partial charge >= 0.3 is 0 Å². The molecular weight excluding hydrogens is 264 g/mol. The van der Waals surface area contributed by atoms with E-state index in [1.165, 1.54) is 10.5 Å². The molecule has 0 saturated carbocycles. The molecule has 21 heavy (non-hydrogen) atoms. The number of hydrogen-bond acceptors (Lipinski definition) is 3. The van der Waals surface area contributed by atoms with E-state index in [9.17, 15) is 9.59 Å². The normalized spacial score (nSPS) is 19.8. The molecule has 4 heteroatoms. The monoisotopic (exact) mass is 278 g/mol. The third kappa shape index (κ3) is 1.69. The Morgan fingerprint density at radius 1 is 0.905 bits per heavy atom. The first-order valence-corrected chi connectivity index (χ1v) is 6.99. The van der Waals surface area contributed by atoms with E-state index in [4.69, 9.17) is 5.73 Å². The third-order valence-corrected chi connectivity index (χ3v) is 4.33. The molecule has 4 nitrogen and oxygen atoms in total. The van der Waals surface area contributed by atoms with Gasteiger partial charge in [0.15, 0.2) is 0 Å². The van der Waals surface area contributed by atoms with E-state index in [2.05, 4.69) is 0 Å². The number of anilines is 1. The number of nitrogen functional groups attached to an aromatic ring is 1. The largest absolute Gasteiger partial charge is 0.399 e. The predicted molar refractivity (Wildman–Crippen MR) is 79.0 cm³/mol. The van der Waals surface area contributed by atoms with E-state index < -0.39 is 0 Å². The van der Waals surface area contributed by atoms with Gasteiger partial charge in [0.1, 0.15) is 0 Å². The van der Waals surface area contributed by atoms with Crippen molar-refractivity contribution in [2.75, 3.05) is 5.73 Å². The average Bonchev–Trinajstić information content (AvgIpc) is 2.99. The number of amides is 2. The Bertz CT molecular complexity index is 747. The van der Waals surface area contributed by atoms with Crippen LogP contribution in [0, 0.1) is 0 Å². The maximum atomic E-state index is 12.5. The number of nitrogens with zero attached hydrogens (tertiary/aromatic N) is 1. The van der Waals surface area contributed by atoms with E-state index in [1.807, 2.05) is 18.2 Å². The van der Waals surface area contributed by atoms with Gasteiger partial charge in [-0.2, -0.15) is 0 Å². The van der Waals surface area contributed by atoms with Crippen LogP contribution in [0.3, 0.4) is 0 Å². The van der Waals surface area contributed by atoms with Crippen molar-refractivity contribution in [1.29, 1.82) is 0 Å². The molecule has 0 saturated heterocycles. The second kappa shape index (κ2) is 4.19. The minimum atomic E-state index is -0.179. The number of carbonyl (C=O) groups excluding carboxylic acids is 2. The summed E-state index contributed by atoms with van der Waals surface area (Å²) in [6.07, 6.45) is 1.40. The van der Waals surface area contributed by atoms with E-state index in [0.29, 0.717) is 24.0 Å². The molecule has 1 aliphatic carbocycles. The third-order valence-electron chi connectivity index (χ3n) is 4.33. The van der Waals surface area contributed by atoms with Crippen LogP contribution < -0.4 is 5.73 Å². The zero-order valence-electron chi connectivity index (χ0n) is 11.4. The summed E-state index contributed by atoms with van der Waals surface area (Å²) in [6.45, 7) is 0. The first kappa shape index (κ1) is 12.1. The van der Waals surface area contributed by atoms with Crippen molar-refractivity contribution in [1.82, 2.24) is 4.90 Å². The molecule has 0 spiro atoms. The average molecular weight is 278 g/mol. The van der Waals surface area contributed by atoms with Gasteiger partial charge in [-0.3, -0.25) is 14.5 Å². The van der Waals surface area contributed by atoms with E-state index in [1.54, 1.807) is 24.3 Å². The lowest BCUT2D eigenvalue weighted by Gasteiger charge is -2.21. The molecule has 0 bridgehead atoms. The maximum Gasteiger partial charge on any atom is 0.261 e. The van der Waals surface area contributed by atoms with Gasteiger partial charge in [0, 0.05) is 11.7 Å². The fourth-order valence-corrected chi connectivity index (χ4v) is 3.34. The van der Waals surface area contributed by atoms with Crippen LogP contribution >= 0.6 is 0 Å². The quantitative estimate of drug-likeness (QED) is 0.641. The number of nitrogens with two attached hydrogens (primary N) is 1. The van der Waals surface area contributed by atoms with Crippen molar-refractivity contribution in [3.63, 3.8) is 0 Å². The highest BCUT2D eigenvalue weighted by molar-refractivity contribution is 6.21. The summed E-state index contributed by atoms with van der Waals surface area (Å²) in [5.74, 6) is -0.359. The second-order valence-corrected chi connectivity index (χ2v) is 5.62. The lowest BCUT2D eigenvalue weighted by molar-refractivity contribution is 0.0590. The number of fused-ring (bicyclic) bond motifs is 2. The molecule has 2 aromatic carbocycles. The fourth-order valence-electron chi connectivity index (χ4n) is 3.34. The first-order valence-electron chi connectivity index (χ1n) is 6.99. The Morgan fingerprint density at radius 2 is 1.52 bits per heavy atom. The van der Waals surface area contributed by atoms with Gasteiger partial charge in [0.2, 0.25) is 0 Å². The first-order chi connectivity index (χ1) is 10.1. The molecule has 0 aromatic heterocycles. The molecule has 0 fully saturated rings. The summed E-state index contributed by atoms with van der Waals surface area (Å²) < 4.78 is 0. The summed E-state index contributed by atoms with van der Waals surface area (Å²) in [5, 5.41) is 0. The zero-order valence-corrected chi connectivity index (χ0v) is 11.4. The van der Waals surface area contributed by atoms with Crippen molar-refractivity contribution in [3.05, 3.63) is 64.7 Å². The van der Waals surface area contributed by atoms with Crippen molar-refractivity contribution < 1.29 is 9.59 Å². The van der Waals surface area contributed by atoms with Gasteiger partial charge < -0.3 is 5.73 Å². The van der Waals surface area contributed by atoms with Crippen LogP contribution in [-0.4, -0.2) is 22.8 Å². The molecule has 2 aliphatic rings. The van der Waals surface area contributed by atoms with Crippen LogP contribution in [0.5, 0.6) is 0 Å². The Kier molecular flexibility index (Phi) is 2.42. The summed E-state index contributed by atoms with van der Waals surface area (Å²) >= 11 is 0. The fraction of sp³-hybridized carbons (Fsp3) is 0.176. The number of benzene rings is 2. The Balaban J connectivity index is 1.69. The molecule has 0 unspecified atom stereocenters. The molecular formula is C17H14N2O2. The van der Waals surface area contributed by atoms with Crippen LogP contribution in [-0.2, 0) is 12.8 Å². The van der Waals surface area contributed by atoms with Gasteiger partial charge in [-0.15, -0.1) is 0 Å². The Morgan fingerprint density at radius 3 is 2.19 bits per heavy atom. The lowest BCUT2D eigenvalue weighted by atomic mass is 10.1. The van der Waals surface area contributed by atoms with Crippen molar-refractivity contribution >= 4 is 17.5 Å². The topological polar surface area (TPSA) is 63.4 Å². The Hall–Kier alpha value is -2.62. The van der Waals surface area contributed by atoms with Crippen LogP contribution in [0.1, 0.15) is 31.8 Å². The van der Waals surface area contributed by atoms with Gasteiger partial charge in [-0.25, -0.2) is 0 Å². The molecule has 2 N–H and O–H groups in total. The number of hydrogen-bond donors (Lipinski definition) is 1. The molecule has 1 aliphatic heterocycles. The van der Waals surface area contributed by atoms with Crippen LogP contribution in [0.4, 0.5) is 5.69 Å². The number of carbonyl (C=O) groups is 2. The van der Waals surface area contributed by atoms with Crippen LogP contribution in [0.2, 0.25) is 0 Å². The molecule has 1 heterocycles. The Labute approximate surface area is 122 Å². The van der Waals surface area contributed by atoms with E-state index in [-0.39, 0.29) is 17.9 Å². The lowest BCUT2D eigenvalue weighted by Crippen LogP contribution is -2.40. The molecule has 104 valence electrons. The summed E-state index contributed by atoms with van der Waals surface area (Å²) in [5.41, 5.74) is 9.86. The van der Waals surface area contributed by atoms with Gasteiger partial charge in [-0.1, -0.05) is 18.2 Å². The predicted octanol–water partition coefficient (Wildman–Crippen LogP) is 2.03. The minimum Gasteiger partial charge on any atom is -0.399 e. The molecule has 4 rings (SSSR count). The smallest absolute Gasteiger partial charge is 0.261 e. The highest BCUT2D eigenvalue weighted by atomic mass is 16.2. The summed E-state index contributed by atoms with van der Waals surface area (Å²) in [4.78, 5) is 26.4. The number of imide groups is 1. The standard InChI is InChI=1S/C17H14N2O2/c18-12-6-5-10-8-13(9-11(10)7-12)19-16(20)14-3-1-2-4-15(14)17(19)21/h1-7,13H,8-9,18H2/t13-/m1/s1. The summed E-state index contributed by atoms with van der Waals surface area (Å²) in [6, 6.07) is 12.7. The highest BCUT2D eigenvalue weighted by Gasteiger charge is 2.41. The summed E-state index contributed by atoms with van der Waals surface area (Å²) in [7, 11) is 0. The van der Waals surface area contributed by atoms with Crippen molar-refractivity contribution in [3.8, 4) is 0 Å². The molecule has 2 aromatic rings. The number of rotatable bonds is 1. The molecule has 2 amide bonds. The van der Waals surface area contributed by atoms with E-state index >= 15 is 0 Å². The zero-order chi connectivity index (χ0) is 14.6. The van der Waals surface area contributed by atoms with E-state index in [0.717, 1.165) is 11.3 Å². The minimum absolute atomic E-state index is 0.103. The van der Waals surface area contributed by atoms with Crippen molar-refractivity contribution in [2.24, 2.45) is 0 Å². The van der Waals surface area contributed by atoms with Crippen LogP contribution in [0.15, 0.2) is 42.5 Å². The molecule has 1 atom stereocenters. The second-order valence-electron chi connectivity index (χ2n) is 5.62. The SMILES string of the molecule is Nc1ccc2c(c1)C[C@H](N1C(=O)c3ccccc3C1=O)C2. The van der Waals surface area contributed by atoms with Crippen LogP contribution in [0.25, 0.3) is 0 Å². The molecule has 0 radical (unpaired) electrons. The van der Waals surface area contributed by atoms with Gasteiger partial charge in [-0.05, 0) is 48.2 Å². The van der Waals surface area contributed by atoms with Gasteiger partial charge in [0.05, 0.1) is 11.1 Å². The van der Waals surface area contributed by atoms with Crippen molar-refractivity contribution in [2.45, 2.75) is 18.9 Å². The highest BCUT2D eigenvalue weighted by Crippen LogP contribution is 2.32. The van der Waals surface area contributed by atoms with Gasteiger partial charge in [0.25, 0.3) is 11.8 Å². The maximum absolute atomic E-state index is 12.5.